The molecule has 1 aromatic carbocycles. The van der Waals surface area contributed by atoms with Gasteiger partial charge in [0.05, 0.1) is 12.3 Å². The highest BCUT2D eigenvalue weighted by molar-refractivity contribution is 6.30. The zero-order chi connectivity index (χ0) is 22.0. The molecule has 2 fully saturated rings. The van der Waals surface area contributed by atoms with Crippen LogP contribution in [-0.2, 0) is 22.6 Å². The third-order valence-electron chi connectivity index (χ3n) is 5.97. The van der Waals surface area contributed by atoms with Gasteiger partial charge in [0.2, 0.25) is 5.91 Å². The first-order valence-electron chi connectivity index (χ1n) is 11.1. The molecule has 0 atom stereocenters. The van der Waals surface area contributed by atoms with E-state index in [0.29, 0.717) is 18.9 Å². The highest BCUT2D eigenvalue weighted by Gasteiger charge is 2.35. The molecule has 1 saturated heterocycles. The average molecular weight is 443 g/mol. The summed E-state index contributed by atoms with van der Waals surface area (Å²) in [7, 11) is 1.70. The van der Waals surface area contributed by atoms with Crippen molar-refractivity contribution in [3.63, 3.8) is 0 Å². The van der Waals surface area contributed by atoms with Crippen LogP contribution in [0.1, 0.15) is 55.3 Å². The minimum atomic E-state index is 0.215. The first-order chi connectivity index (χ1) is 15.0. The Labute approximate surface area is 189 Å². The molecule has 0 radical (unpaired) electrons. The Bertz CT molecular complexity index is 937. The Kier molecular flexibility index (Phi) is 6.77. The molecule has 1 saturated carbocycles. The molecule has 31 heavy (non-hydrogen) atoms. The Morgan fingerprint density at radius 3 is 2.55 bits per heavy atom. The van der Waals surface area contributed by atoms with Crippen LogP contribution >= 0.6 is 11.6 Å². The van der Waals surface area contributed by atoms with Crippen molar-refractivity contribution >= 4 is 23.3 Å². The monoisotopic (exact) mass is 442 g/mol. The average Bonchev–Trinajstić information content (AvgIpc) is 3.60. The van der Waals surface area contributed by atoms with Crippen LogP contribution < -0.4 is 4.90 Å². The van der Waals surface area contributed by atoms with Gasteiger partial charge in [-0.2, -0.15) is 0 Å². The second-order valence-electron chi connectivity index (χ2n) is 8.81. The van der Waals surface area contributed by atoms with Crippen molar-refractivity contribution < 1.29 is 9.53 Å². The van der Waals surface area contributed by atoms with Crippen molar-refractivity contribution in [1.82, 2.24) is 14.9 Å². The standard InChI is InChI=1S/C24H31ClN4O2/c1-16(2)22-26-21(15-31-3)20(14-17-5-4-6-19(25)13-17)23(27-22)28-9-11-29(12-10-28)24(30)18-7-8-18/h4-6,13,16,18H,7-12,14-15H2,1-3H3. The van der Waals surface area contributed by atoms with Gasteiger partial charge in [-0.05, 0) is 30.5 Å². The highest BCUT2D eigenvalue weighted by Crippen LogP contribution is 2.32. The molecule has 0 bridgehead atoms. The van der Waals surface area contributed by atoms with Crippen molar-refractivity contribution in [3.8, 4) is 0 Å². The Morgan fingerprint density at radius 2 is 1.94 bits per heavy atom. The molecule has 2 heterocycles. The Balaban J connectivity index is 1.66. The summed E-state index contributed by atoms with van der Waals surface area (Å²) < 4.78 is 5.50. The van der Waals surface area contributed by atoms with Gasteiger partial charge in [-0.25, -0.2) is 9.97 Å². The maximum absolute atomic E-state index is 12.5. The van der Waals surface area contributed by atoms with Gasteiger partial charge in [0.25, 0.3) is 0 Å². The smallest absolute Gasteiger partial charge is 0.225 e. The van der Waals surface area contributed by atoms with E-state index >= 15 is 0 Å². The fourth-order valence-electron chi connectivity index (χ4n) is 4.07. The number of halogens is 1. The van der Waals surface area contributed by atoms with Crippen molar-refractivity contribution in [3.05, 3.63) is 51.9 Å². The summed E-state index contributed by atoms with van der Waals surface area (Å²) >= 11 is 6.24. The van der Waals surface area contributed by atoms with E-state index in [-0.39, 0.29) is 11.8 Å². The second-order valence-corrected chi connectivity index (χ2v) is 9.25. The first kappa shape index (κ1) is 22.0. The van der Waals surface area contributed by atoms with Crippen LogP contribution in [0.4, 0.5) is 5.82 Å². The molecule has 2 aromatic rings. The van der Waals surface area contributed by atoms with Gasteiger partial charge in [-0.3, -0.25) is 4.79 Å². The van der Waals surface area contributed by atoms with Gasteiger partial charge in [-0.1, -0.05) is 37.6 Å². The van der Waals surface area contributed by atoms with Crippen LogP contribution in [-0.4, -0.2) is 54.1 Å². The van der Waals surface area contributed by atoms with Crippen LogP contribution in [0.15, 0.2) is 24.3 Å². The number of anilines is 1. The van der Waals surface area contributed by atoms with Crippen LogP contribution in [0.2, 0.25) is 5.02 Å². The summed E-state index contributed by atoms with van der Waals surface area (Å²) in [5, 5.41) is 0.722. The number of methoxy groups -OCH3 is 1. The molecule has 1 aliphatic heterocycles. The molecule has 0 unspecified atom stereocenters. The molecule has 6 nitrogen and oxygen atoms in total. The summed E-state index contributed by atoms with van der Waals surface area (Å²) in [4.78, 5) is 26.7. The van der Waals surface area contributed by atoms with Crippen LogP contribution in [0.5, 0.6) is 0 Å². The maximum atomic E-state index is 12.5. The van der Waals surface area contributed by atoms with Gasteiger partial charge in [0, 0.05) is 62.1 Å². The SMILES string of the molecule is COCc1nc(C(C)C)nc(N2CCN(C(=O)C3CC3)CC2)c1Cc1cccc(Cl)c1. The van der Waals surface area contributed by atoms with Crippen molar-refractivity contribution in [2.45, 2.75) is 45.6 Å². The molecule has 166 valence electrons. The summed E-state index contributed by atoms with van der Waals surface area (Å²) in [5.74, 6) is 2.60. The van der Waals surface area contributed by atoms with E-state index in [4.69, 9.17) is 26.3 Å². The molecule has 1 aromatic heterocycles. The number of hydrogen-bond donors (Lipinski definition) is 0. The third-order valence-corrected chi connectivity index (χ3v) is 6.21. The lowest BCUT2D eigenvalue weighted by molar-refractivity contribution is -0.132. The number of aromatic nitrogens is 2. The van der Waals surface area contributed by atoms with Crippen molar-refractivity contribution in [1.29, 1.82) is 0 Å². The third kappa shape index (κ3) is 5.18. The number of carbonyl (C=O) groups is 1. The number of carbonyl (C=O) groups excluding carboxylic acids is 1. The number of ether oxygens (including phenoxy) is 1. The molecule has 4 rings (SSSR count). The van der Waals surface area contributed by atoms with Gasteiger partial charge in [-0.15, -0.1) is 0 Å². The predicted molar refractivity (Wildman–Crippen MR) is 123 cm³/mol. The number of nitrogens with zero attached hydrogens (tertiary/aromatic N) is 4. The van der Waals surface area contributed by atoms with E-state index < -0.39 is 0 Å². The van der Waals surface area contributed by atoms with Gasteiger partial charge < -0.3 is 14.5 Å². The zero-order valence-corrected chi connectivity index (χ0v) is 19.4. The van der Waals surface area contributed by atoms with Crippen molar-refractivity contribution in [2.24, 2.45) is 5.92 Å². The molecule has 2 aliphatic rings. The highest BCUT2D eigenvalue weighted by atomic mass is 35.5. The molecule has 1 aliphatic carbocycles. The fourth-order valence-corrected chi connectivity index (χ4v) is 4.28. The normalized spacial score (nSPS) is 16.8. The van der Waals surface area contributed by atoms with E-state index in [2.05, 4.69) is 24.8 Å². The summed E-state index contributed by atoms with van der Waals surface area (Å²) in [6, 6.07) is 7.93. The summed E-state index contributed by atoms with van der Waals surface area (Å²) in [5.41, 5.74) is 3.12. The molecule has 1 amide bonds. The number of rotatable bonds is 7. The Hall–Kier alpha value is -2.18. The topological polar surface area (TPSA) is 58.6 Å². The fraction of sp³-hybridized carbons (Fsp3) is 0.542. The molecular weight excluding hydrogens is 412 g/mol. The van der Waals surface area contributed by atoms with Gasteiger partial charge >= 0.3 is 0 Å². The number of piperazine rings is 1. The van der Waals surface area contributed by atoms with Gasteiger partial charge in [0.15, 0.2) is 0 Å². The van der Waals surface area contributed by atoms with E-state index in [1.165, 1.54) is 0 Å². The largest absolute Gasteiger partial charge is 0.378 e. The predicted octanol–water partition coefficient (Wildman–Crippen LogP) is 4.05. The lowest BCUT2D eigenvalue weighted by Gasteiger charge is -2.37. The molecular formula is C24H31ClN4O2. The van der Waals surface area contributed by atoms with Crippen LogP contribution in [0.25, 0.3) is 0 Å². The number of hydrogen-bond acceptors (Lipinski definition) is 5. The van der Waals surface area contributed by atoms with Crippen molar-refractivity contribution in [2.75, 3.05) is 38.2 Å². The minimum absolute atomic E-state index is 0.215. The maximum Gasteiger partial charge on any atom is 0.225 e. The summed E-state index contributed by atoms with van der Waals surface area (Å²) in [6.45, 7) is 7.70. The second kappa shape index (κ2) is 9.53. The minimum Gasteiger partial charge on any atom is -0.378 e. The lowest BCUT2D eigenvalue weighted by Crippen LogP contribution is -2.50. The lowest BCUT2D eigenvalue weighted by atomic mass is 10.0. The molecule has 7 heteroatoms. The van der Waals surface area contributed by atoms with E-state index in [1.54, 1.807) is 7.11 Å². The van der Waals surface area contributed by atoms with Crippen LogP contribution in [0.3, 0.4) is 0 Å². The van der Waals surface area contributed by atoms with E-state index in [1.807, 2.05) is 23.1 Å². The van der Waals surface area contributed by atoms with E-state index in [0.717, 1.165) is 72.5 Å². The van der Waals surface area contributed by atoms with Gasteiger partial charge in [0.1, 0.15) is 11.6 Å². The van der Waals surface area contributed by atoms with E-state index in [9.17, 15) is 4.79 Å². The molecule has 0 spiro atoms. The quantitative estimate of drug-likeness (QED) is 0.647. The van der Waals surface area contributed by atoms with Crippen LogP contribution in [0, 0.1) is 5.92 Å². The zero-order valence-electron chi connectivity index (χ0n) is 18.6. The summed E-state index contributed by atoms with van der Waals surface area (Å²) in [6.07, 6.45) is 2.79. The first-order valence-corrected chi connectivity index (χ1v) is 11.5. The Morgan fingerprint density at radius 1 is 1.19 bits per heavy atom. The number of amides is 1. The number of benzene rings is 1. The molecule has 0 N–H and O–H groups in total.